The van der Waals surface area contributed by atoms with E-state index in [1.165, 1.54) is 6.42 Å². The zero-order valence-corrected chi connectivity index (χ0v) is 9.39. The van der Waals surface area contributed by atoms with Crippen LogP contribution in [0, 0.1) is 0 Å². The number of hydrogen-bond donors (Lipinski definition) is 0. The van der Waals surface area contributed by atoms with E-state index in [-0.39, 0.29) is 11.0 Å². The Hall–Kier alpha value is -1.90. The zero-order chi connectivity index (χ0) is 11.5. The number of allylic oxidation sites excluding steroid dienone is 1. The van der Waals surface area contributed by atoms with Gasteiger partial charge in [-0.2, -0.15) is 0 Å². The Morgan fingerprint density at radius 2 is 2.06 bits per heavy atom. The number of rotatable bonds is 0. The van der Waals surface area contributed by atoms with Crippen LogP contribution in [0.3, 0.4) is 0 Å². The molecule has 0 amide bonds. The highest BCUT2D eigenvalue weighted by Gasteiger charge is 2.43. The van der Waals surface area contributed by atoms with Crippen LogP contribution in [0.15, 0.2) is 35.1 Å². The fourth-order valence-corrected chi connectivity index (χ4v) is 2.88. The molecule has 0 radical (unpaired) electrons. The third-order valence-corrected chi connectivity index (χ3v) is 4.04. The molecule has 1 spiro atoms. The SMILES string of the molecule is O=c1c2ccccc2nc2n1C=CC21CCC1. The smallest absolute Gasteiger partial charge is 0.265 e. The Kier molecular flexibility index (Phi) is 1.54. The summed E-state index contributed by atoms with van der Waals surface area (Å²) in [6, 6.07) is 7.58. The second-order valence-electron chi connectivity index (χ2n) is 4.95. The maximum absolute atomic E-state index is 12.3. The summed E-state index contributed by atoms with van der Waals surface area (Å²) in [5, 5.41) is 0.706. The average Bonchev–Trinajstić information content (AvgIpc) is 2.69. The summed E-state index contributed by atoms with van der Waals surface area (Å²) in [5.41, 5.74) is 0.938. The van der Waals surface area contributed by atoms with Crippen molar-refractivity contribution >= 4 is 17.1 Å². The van der Waals surface area contributed by atoms with Crippen molar-refractivity contribution in [3.05, 3.63) is 46.5 Å². The first-order valence-corrected chi connectivity index (χ1v) is 6.01. The number of fused-ring (bicyclic) bond motifs is 3. The minimum absolute atomic E-state index is 0.0587. The lowest BCUT2D eigenvalue weighted by Crippen LogP contribution is -2.34. The monoisotopic (exact) mass is 224 g/mol. The molecule has 4 rings (SSSR count). The summed E-state index contributed by atoms with van der Waals surface area (Å²) >= 11 is 0. The van der Waals surface area contributed by atoms with Gasteiger partial charge in [0.1, 0.15) is 5.82 Å². The van der Waals surface area contributed by atoms with Crippen molar-refractivity contribution in [2.75, 3.05) is 0 Å². The Bertz CT molecular complexity index is 708. The van der Waals surface area contributed by atoms with Gasteiger partial charge in [0.25, 0.3) is 5.56 Å². The average molecular weight is 224 g/mol. The molecule has 1 aliphatic carbocycles. The molecule has 1 fully saturated rings. The van der Waals surface area contributed by atoms with E-state index in [1.54, 1.807) is 4.57 Å². The van der Waals surface area contributed by atoms with Crippen molar-refractivity contribution in [3.8, 4) is 0 Å². The van der Waals surface area contributed by atoms with Gasteiger partial charge in [0.15, 0.2) is 0 Å². The maximum Gasteiger partial charge on any atom is 0.265 e. The highest BCUT2D eigenvalue weighted by Crippen LogP contribution is 2.46. The van der Waals surface area contributed by atoms with Gasteiger partial charge in [0.2, 0.25) is 0 Å². The van der Waals surface area contributed by atoms with Crippen LogP contribution >= 0.6 is 0 Å². The third-order valence-electron chi connectivity index (χ3n) is 4.04. The lowest BCUT2D eigenvalue weighted by atomic mass is 9.69. The second-order valence-corrected chi connectivity index (χ2v) is 4.95. The molecule has 2 aliphatic rings. The van der Waals surface area contributed by atoms with E-state index in [4.69, 9.17) is 4.98 Å². The van der Waals surface area contributed by atoms with Crippen LogP contribution in [0.1, 0.15) is 25.1 Å². The summed E-state index contributed by atoms with van der Waals surface area (Å²) < 4.78 is 1.72. The lowest BCUT2D eigenvalue weighted by molar-refractivity contribution is 0.303. The minimum Gasteiger partial charge on any atom is -0.271 e. The first-order valence-electron chi connectivity index (χ1n) is 6.01. The van der Waals surface area contributed by atoms with Crippen molar-refractivity contribution < 1.29 is 0 Å². The van der Waals surface area contributed by atoms with Crippen LogP contribution < -0.4 is 5.56 Å². The van der Waals surface area contributed by atoms with Gasteiger partial charge >= 0.3 is 0 Å². The normalized spacial score (nSPS) is 19.5. The van der Waals surface area contributed by atoms with Crippen LogP contribution in [-0.4, -0.2) is 9.55 Å². The van der Waals surface area contributed by atoms with Gasteiger partial charge in [0, 0.05) is 11.6 Å². The van der Waals surface area contributed by atoms with Crippen molar-refractivity contribution in [2.45, 2.75) is 24.7 Å². The standard InChI is InChI=1S/C14H12N2O/c17-12-10-4-1-2-5-11(10)15-13-14(6-3-7-14)8-9-16(12)13/h1-2,4-5,8-9H,3,6-7H2. The molecular weight excluding hydrogens is 212 g/mol. The summed E-state index contributed by atoms with van der Waals surface area (Å²) in [6.45, 7) is 0. The Morgan fingerprint density at radius 1 is 1.24 bits per heavy atom. The summed E-state index contributed by atoms with van der Waals surface area (Å²) in [5.74, 6) is 0.937. The van der Waals surface area contributed by atoms with E-state index >= 15 is 0 Å². The minimum atomic E-state index is 0.0587. The molecule has 3 heteroatoms. The molecule has 84 valence electrons. The van der Waals surface area contributed by atoms with Gasteiger partial charge in [-0.1, -0.05) is 24.6 Å². The van der Waals surface area contributed by atoms with Crippen LogP contribution in [0.5, 0.6) is 0 Å². The molecule has 0 N–H and O–H groups in total. The maximum atomic E-state index is 12.3. The van der Waals surface area contributed by atoms with Crippen LogP contribution in [0.25, 0.3) is 17.1 Å². The van der Waals surface area contributed by atoms with Crippen molar-refractivity contribution in [3.63, 3.8) is 0 Å². The van der Waals surface area contributed by atoms with Gasteiger partial charge in [-0.25, -0.2) is 4.98 Å². The highest BCUT2D eigenvalue weighted by molar-refractivity contribution is 5.78. The van der Waals surface area contributed by atoms with E-state index in [1.807, 2.05) is 30.5 Å². The fraction of sp³-hybridized carbons (Fsp3) is 0.286. The van der Waals surface area contributed by atoms with E-state index < -0.39 is 0 Å². The van der Waals surface area contributed by atoms with Crippen LogP contribution in [0.4, 0.5) is 0 Å². The largest absolute Gasteiger partial charge is 0.271 e. The van der Waals surface area contributed by atoms with Crippen molar-refractivity contribution in [2.24, 2.45) is 0 Å². The number of para-hydroxylation sites is 1. The lowest BCUT2D eigenvalue weighted by Gasteiger charge is -2.35. The van der Waals surface area contributed by atoms with Crippen molar-refractivity contribution in [1.29, 1.82) is 0 Å². The van der Waals surface area contributed by atoms with E-state index in [0.717, 1.165) is 24.2 Å². The Morgan fingerprint density at radius 3 is 2.82 bits per heavy atom. The number of benzene rings is 1. The van der Waals surface area contributed by atoms with Gasteiger partial charge in [-0.15, -0.1) is 0 Å². The molecule has 0 unspecified atom stereocenters. The predicted octanol–water partition coefficient (Wildman–Crippen LogP) is 2.30. The molecule has 1 aromatic carbocycles. The van der Waals surface area contributed by atoms with Crippen LogP contribution in [0.2, 0.25) is 0 Å². The highest BCUT2D eigenvalue weighted by atomic mass is 16.1. The topological polar surface area (TPSA) is 34.9 Å². The van der Waals surface area contributed by atoms with E-state index in [9.17, 15) is 4.79 Å². The molecule has 2 heterocycles. The van der Waals surface area contributed by atoms with Gasteiger partial charge in [-0.05, 0) is 25.0 Å². The molecular formula is C14H12N2O. The van der Waals surface area contributed by atoms with Gasteiger partial charge in [-0.3, -0.25) is 9.36 Å². The molecule has 0 saturated heterocycles. The van der Waals surface area contributed by atoms with Gasteiger partial charge < -0.3 is 0 Å². The Balaban J connectivity index is 2.12. The molecule has 1 aromatic heterocycles. The van der Waals surface area contributed by atoms with Crippen LogP contribution in [-0.2, 0) is 5.41 Å². The summed E-state index contributed by atoms with van der Waals surface area (Å²) in [7, 11) is 0. The van der Waals surface area contributed by atoms with E-state index in [0.29, 0.717) is 5.39 Å². The number of hydrogen-bond acceptors (Lipinski definition) is 2. The zero-order valence-electron chi connectivity index (χ0n) is 9.39. The number of nitrogens with zero attached hydrogens (tertiary/aromatic N) is 2. The Labute approximate surface area is 98.4 Å². The molecule has 2 aromatic rings. The molecule has 1 aliphatic heterocycles. The quantitative estimate of drug-likeness (QED) is 0.688. The third kappa shape index (κ3) is 1.01. The first-order chi connectivity index (χ1) is 8.30. The van der Waals surface area contributed by atoms with Crippen molar-refractivity contribution in [1.82, 2.24) is 9.55 Å². The predicted molar refractivity (Wildman–Crippen MR) is 66.9 cm³/mol. The second kappa shape index (κ2) is 2.86. The van der Waals surface area contributed by atoms with Gasteiger partial charge in [0.05, 0.1) is 10.9 Å². The molecule has 0 atom stereocenters. The summed E-state index contributed by atoms with van der Waals surface area (Å²) in [4.78, 5) is 17.0. The van der Waals surface area contributed by atoms with E-state index in [2.05, 4.69) is 6.08 Å². The fourth-order valence-electron chi connectivity index (χ4n) is 2.88. The molecule has 0 bridgehead atoms. The molecule has 1 saturated carbocycles. The molecule has 17 heavy (non-hydrogen) atoms. The number of aromatic nitrogens is 2. The molecule has 3 nitrogen and oxygen atoms in total. The summed E-state index contributed by atoms with van der Waals surface area (Å²) in [6.07, 6.45) is 7.52. The first kappa shape index (κ1) is 9.16.